The molecule has 0 spiro atoms. The molecule has 0 atom stereocenters. The Bertz CT molecular complexity index is 452. The highest BCUT2D eigenvalue weighted by molar-refractivity contribution is 14.0. The molecule has 0 fully saturated rings. The highest BCUT2D eigenvalue weighted by atomic mass is 127. The van der Waals surface area contributed by atoms with E-state index >= 15 is 0 Å². The Morgan fingerprint density at radius 1 is 1.41 bits per heavy atom. The van der Waals surface area contributed by atoms with Gasteiger partial charge in [0.15, 0.2) is 5.96 Å². The van der Waals surface area contributed by atoms with Gasteiger partial charge in [0, 0.05) is 24.8 Å². The maximum absolute atomic E-state index is 5.71. The van der Waals surface area contributed by atoms with E-state index in [1.54, 1.807) is 12.3 Å². The van der Waals surface area contributed by atoms with Gasteiger partial charge in [0.25, 0.3) is 0 Å². The fourth-order valence-electron chi connectivity index (χ4n) is 1.66. The fourth-order valence-corrected chi connectivity index (χ4v) is 1.66. The van der Waals surface area contributed by atoms with Gasteiger partial charge in [-0.15, -0.1) is 30.6 Å². The number of halogens is 1. The average Bonchev–Trinajstić information content (AvgIpc) is 2.51. The molecule has 0 aliphatic carbocycles. The zero-order valence-electron chi connectivity index (χ0n) is 13.5. The van der Waals surface area contributed by atoms with Crippen LogP contribution in [0.5, 0.6) is 5.88 Å². The van der Waals surface area contributed by atoms with Gasteiger partial charge in [0.1, 0.15) is 0 Å². The Labute approximate surface area is 150 Å². The number of unbranched alkanes of at least 4 members (excludes halogenated alkanes) is 1. The van der Waals surface area contributed by atoms with Crippen LogP contribution in [0.25, 0.3) is 0 Å². The summed E-state index contributed by atoms with van der Waals surface area (Å²) in [4.78, 5) is 8.82. The second-order valence-corrected chi connectivity index (χ2v) is 4.53. The van der Waals surface area contributed by atoms with Crippen LogP contribution in [0.15, 0.2) is 36.0 Å². The number of ether oxygens (including phenoxy) is 1. The third-order valence-corrected chi connectivity index (χ3v) is 2.75. The quantitative estimate of drug-likeness (QED) is 0.213. The van der Waals surface area contributed by atoms with E-state index < -0.39 is 0 Å². The Morgan fingerprint density at radius 3 is 2.91 bits per heavy atom. The van der Waals surface area contributed by atoms with Crippen molar-refractivity contribution in [2.45, 2.75) is 33.2 Å². The lowest BCUT2D eigenvalue weighted by Gasteiger charge is -2.11. The second-order valence-electron chi connectivity index (χ2n) is 4.53. The van der Waals surface area contributed by atoms with Crippen LogP contribution < -0.4 is 15.4 Å². The summed E-state index contributed by atoms with van der Waals surface area (Å²) in [5, 5.41) is 6.36. The SMILES string of the molecule is C=CCNC(=NCc1cccnc1OCCCC)NCC.I. The summed E-state index contributed by atoms with van der Waals surface area (Å²) in [7, 11) is 0. The predicted molar refractivity (Wildman–Crippen MR) is 103 cm³/mol. The average molecular weight is 418 g/mol. The zero-order chi connectivity index (χ0) is 15.3. The van der Waals surface area contributed by atoms with Crippen LogP contribution in [-0.4, -0.2) is 30.6 Å². The van der Waals surface area contributed by atoms with E-state index in [9.17, 15) is 0 Å². The molecule has 1 aromatic heterocycles. The topological polar surface area (TPSA) is 58.5 Å². The lowest BCUT2D eigenvalue weighted by Crippen LogP contribution is -2.37. The molecule has 0 bridgehead atoms. The summed E-state index contributed by atoms with van der Waals surface area (Å²) in [6, 6.07) is 3.90. The van der Waals surface area contributed by atoms with Gasteiger partial charge in [-0.2, -0.15) is 0 Å². The molecular formula is C16H27IN4O. The van der Waals surface area contributed by atoms with Crippen LogP contribution in [0.3, 0.4) is 0 Å². The molecule has 2 N–H and O–H groups in total. The van der Waals surface area contributed by atoms with E-state index in [4.69, 9.17) is 4.74 Å². The zero-order valence-corrected chi connectivity index (χ0v) is 15.8. The fraction of sp³-hybridized carbons (Fsp3) is 0.500. The Hall–Kier alpha value is -1.31. The number of nitrogens with one attached hydrogen (secondary N) is 2. The first-order valence-electron chi connectivity index (χ1n) is 7.51. The molecule has 0 radical (unpaired) electrons. The van der Waals surface area contributed by atoms with E-state index in [1.165, 1.54) is 0 Å². The highest BCUT2D eigenvalue weighted by Crippen LogP contribution is 2.15. The lowest BCUT2D eigenvalue weighted by molar-refractivity contribution is 0.294. The van der Waals surface area contributed by atoms with Crippen LogP contribution in [0.2, 0.25) is 0 Å². The number of guanidine groups is 1. The molecule has 0 aliphatic rings. The number of aliphatic imine (C=N–C) groups is 1. The van der Waals surface area contributed by atoms with Crippen LogP contribution in [-0.2, 0) is 6.54 Å². The van der Waals surface area contributed by atoms with Crippen molar-refractivity contribution in [1.82, 2.24) is 15.6 Å². The Balaban J connectivity index is 0.00000441. The minimum absolute atomic E-state index is 0. The van der Waals surface area contributed by atoms with Crippen molar-refractivity contribution < 1.29 is 4.74 Å². The molecule has 5 nitrogen and oxygen atoms in total. The molecule has 1 aromatic rings. The molecule has 6 heteroatoms. The lowest BCUT2D eigenvalue weighted by atomic mass is 10.3. The molecule has 0 aromatic carbocycles. The molecule has 1 heterocycles. The van der Waals surface area contributed by atoms with Crippen LogP contribution in [0.4, 0.5) is 0 Å². The number of pyridine rings is 1. The molecule has 0 saturated carbocycles. The number of hydrogen-bond acceptors (Lipinski definition) is 3. The van der Waals surface area contributed by atoms with Gasteiger partial charge in [0.2, 0.25) is 5.88 Å². The normalized spacial score (nSPS) is 10.5. The van der Waals surface area contributed by atoms with Crippen LogP contribution >= 0.6 is 24.0 Å². The minimum atomic E-state index is 0. The standard InChI is InChI=1S/C16H26N4O.HI/c1-4-7-12-21-15-14(9-8-11-18-15)13-20-16(17-6-3)19-10-5-2;/h5,8-9,11H,2,4,6-7,10,12-13H2,1,3H3,(H2,17,19,20);1H. The summed E-state index contributed by atoms with van der Waals surface area (Å²) in [6.07, 6.45) is 5.69. The minimum Gasteiger partial charge on any atom is -0.477 e. The predicted octanol–water partition coefficient (Wildman–Crippen LogP) is 3.12. The molecule has 0 amide bonds. The summed E-state index contributed by atoms with van der Waals surface area (Å²) < 4.78 is 5.71. The monoisotopic (exact) mass is 418 g/mol. The van der Waals surface area contributed by atoms with Crippen molar-refractivity contribution in [3.8, 4) is 5.88 Å². The molecule has 124 valence electrons. The van der Waals surface area contributed by atoms with Gasteiger partial charge in [-0.1, -0.05) is 25.5 Å². The van der Waals surface area contributed by atoms with Crippen molar-refractivity contribution in [3.63, 3.8) is 0 Å². The molecular weight excluding hydrogens is 391 g/mol. The van der Waals surface area contributed by atoms with Gasteiger partial charge < -0.3 is 15.4 Å². The Kier molecular flexibility index (Phi) is 12.6. The number of rotatable bonds is 9. The third kappa shape index (κ3) is 8.21. The van der Waals surface area contributed by atoms with Crippen molar-refractivity contribution in [2.75, 3.05) is 19.7 Å². The first-order valence-corrected chi connectivity index (χ1v) is 7.51. The van der Waals surface area contributed by atoms with E-state index in [0.29, 0.717) is 25.6 Å². The largest absolute Gasteiger partial charge is 0.477 e. The molecule has 22 heavy (non-hydrogen) atoms. The first kappa shape index (κ1) is 20.7. The number of nitrogens with zero attached hydrogens (tertiary/aromatic N) is 2. The molecule has 1 rings (SSSR count). The highest BCUT2D eigenvalue weighted by Gasteiger charge is 2.04. The van der Waals surface area contributed by atoms with Crippen LogP contribution in [0.1, 0.15) is 32.3 Å². The number of aromatic nitrogens is 1. The van der Waals surface area contributed by atoms with Crippen LogP contribution in [0, 0.1) is 0 Å². The molecule has 0 aliphatic heterocycles. The summed E-state index contributed by atoms with van der Waals surface area (Å²) in [5.41, 5.74) is 0.990. The van der Waals surface area contributed by atoms with Gasteiger partial charge in [-0.3, -0.25) is 0 Å². The van der Waals surface area contributed by atoms with Gasteiger partial charge in [0.05, 0.1) is 13.2 Å². The van der Waals surface area contributed by atoms with E-state index in [0.717, 1.165) is 30.9 Å². The van der Waals surface area contributed by atoms with Gasteiger partial charge >= 0.3 is 0 Å². The van der Waals surface area contributed by atoms with Crippen molar-refractivity contribution in [3.05, 3.63) is 36.5 Å². The third-order valence-electron chi connectivity index (χ3n) is 2.75. The van der Waals surface area contributed by atoms with E-state index in [1.807, 2.05) is 19.1 Å². The summed E-state index contributed by atoms with van der Waals surface area (Å²) in [6.45, 7) is 10.6. The van der Waals surface area contributed by atoms with Crippen molar-refractivity contribution in [2.24, 2.45) is 4.99 Å². The summed E-state index contributed by atoms with van der Waals surface area (Å²) >= 11 is 0. The van der Waals surface area contributed by atoms with Crippen molar-refractivity contribution in [1.29, 1.82) is 0 Å². The Morgan fingerprint density at radius 2 is 2.23 bits per heavy atom. The first-order chi connectivity index (χ1) is 10.3. The summed E-state index contributed by atoms with van der Waals surface area (Å²) in [5.74, 6) is 1.44. The van der Waals surface area contributed by atoms with Gasteiger partial charge in [-0.05, 0) is 19.4 Å². The van der Waals surface area contributed by atoms with E-state index in [2.05, 4.69) is 34.1 Å². The number of hydrogen-bond donors (Lipinski definition) is 2. The maximum Gasteiger partial charge on any atom is 0.218 e. The smallest absolute Gasteiger partial charge is 0.218 e. The van der Waals surface area contributed by atoms with Gasteiger partial charge in [-0.25, -0.2) is 9.98 Å². The molecule has 0 unspecified atom stereocenters. The second kappa shape index (κ2) is 13.4. The maximum atomic E-state index is 5.71. The molecule has 0 saturated heterocycles. The van der Waals surface area contributed by atoms with E-state index in [-0.39, 0.29) is 24.0 Å². The van der Waals surface area contributed by atoms with Crippen molar-refractivity contribution >= 4 is 29.9 Å².